The second-order valence-electron chi connectivity index (χ2n) is 7.16. The molecule has 2 aromatic carbocycles. The summed E-state index contributed by atoms with van der Waals surface area (Å²) in [5.74, 6) is -0.435. The number of carbonyl (C=O) groups is 2. The quantitative estimate of drug-likeness (QED) is 0.539. The maximum Gasteiger partial charge on any atom is 0.344 e. The van der Waals surface area contributed by atoms with Gasteiger partial charge in [-0.05, 0) is 61.0 Å². The molecule has 32 heavy (non-hydrogen) atoms. The lowest BCUT2D eigenvalue weighted by Gasteiger charge is -2.15. The van der Waals surface area contributed by atoms with Crippen molar-refractivity contribution in [2.45, 2.75) is 32.8 Å². The maximum atomic E-state index is 13.1. The number of carbonyl (C=O) groups excluding carboxylic acids is 1. The Balaban J connectivity index is 1.89. The lowest BCUT2D eigenvalue weighted by atomic mass is 10.1. The Bertz CT molecular complexity index is 1040. The normalized spacial score (nSPS) is 17.1. The van der Waals surface area contributed by atoms with Crippen LogP contribution in [0.3, 0.4) is 0 Å². The Morgan fingerprint density at radius 2 is 1.97 bits per heavy atom. The Kier molecular flexibility index (Phi) is 7.94. The van der Waals surface area contributed by atoms with Gasteiger partial charge >= 0.3 is 5.97 Å². The zero-order chi connectivity index (χ0) is 23.1. The van der Waals surface area contributed by atoms with Gasteiger partial charge in [0.25, 0.3) is 5.91 Å². The molecule has 0 aliphatic carbocycles. The highest BCUT2D eigenvalue weighted by atomic mass is 32.2. The summed E-state index contributed by atoms with van der Waals surface area (Å²) in [5, 5.41) is 9.72. The molecule has 1 aliphatic rings. The number of nitrogens with zero attached hydrogens (tertiary/aromatic N) is 2. The first-order valence-corrected chi connectivity index (χ1v) is 11.2. The number of aliphatic carboxylic acids is 1. The molecular weight excluding hydrogens is 428 g/mol. The smallest absolute Gasteiger partial charge is 0.344 e. The van der Waals surface area contributed by atoms with E-state index in [-0.39, 0.29) is 5.91 Å². The zero-order valence-corrected chi connectivity index (χ0v) is 19.1. The molecule has 0 aromatic heterocycles. The second-order valence-corrected chi connectivity index (χ2v) is 8.17. The fraction of sp³-hybridized carbons (Fsp3) is 0.292. The number of para-hydroxylation sites is 1. The number of unbranched alkanes of at least 4 members (excludes halogenated alkanes) is 1. The predicted octanol–water partition coefficient (Wildman–Crippen LogP) is 4.95. The summed E-state index contributed by atoms with van der Waals surface area (Å²) in [7, 11) is 1.48. The number of methoxy groups -OCH3 is 1. The van der Waals surface area contributed by atoms with E-state index in [9.17, 15) is 9.59 Å². The van der Waals surface area contributed by atoms with Crippen molar-refractivity contribution in [2.75, 3.05) is 13.7 Å². The number of carboxylic acids is 1. The van der Waals surface area contributed by atoms with Crippen molar-refractivity contribution >= 4 is 40.6 Å². The molecule has 8 heteroatoms. The summed E-state index contributed by atoms with van der Waals surface area (Å²) in [4.78, 5) is 31.1. The Morgan fingerprint density at radius 3 is 2.62 bits per heavy atom. The van der Waals surface area contributed by atoms with E-state index in [1.165, 1.54) is 25.8 Å². The highest BCUT2D eigenvalue weighted by Crippen LogP contribution is 2.36. The number of carboxylic acid groups (broad SMARTS) is 1. The third kappa shape index (κ3) is 5.70. The molecule has 0 bridgehead atoms. The monoisotopic (exact) mass is 454 g/mol. The van der Waals surface area contributed by atoms with Crippen LogP contribution in [-0.4, -0.2) is 46.8 Å². The SMILES string of the molecule is CCCCN1C(=O)/C(=C/c2ccc(O[C@H](C)C(=O)O)c(OC)c2)SC1=Nc1ccccc1. The molecule has 1 fully saturated rings. The van der Waals surface area contributed by atoms with Crippen molar-refractivity contribution < 1.29 is 24.2 Å². The third-order valence-corrected chi connectivity index (χ3v) is 5.75. The van der Waals surface area contributed by atoms with Gasteiger partial charge < -0.3 is 14.6 Å². The molecule has 7 nitrogen and oxygen atoms in total. The molecule has 1 saturated heterocycles. The van der Waals surface area contributed by atoms with E-state index < -0.39 is 12.1 Å². The van der Waals surface area contributed by atoms with Crippen molar-refractivity contribution in [3.05, 3.63) is 59.0 Å². The van der Waals surface area contributed by atoms with Crippen molar-refractivity contribution in [1.82, 2.24) is 4.90 Å². The highest BCUT2D eigenvalue weighted by molar-refractivity contribution is 8.18. The minimum atomic E-state index is -1.07. The van der Waals surface area contributed by atoms with E-state index in [1.807, 2.05) is 30.3 Å². The summed E-state index contributed by atoms with van der Waals surface area (Å²) in [6, 6.07) is 14.7. The first-order chi connectivity index (χ1) is 15.4. The van der Waals surface area contributed by atoms with Crippen LogP contribution in [0.15, 0.2) is 58.4 Å². The van der Waals surface area contributed by atoms with E-state index in [1.54, 1.807) is 29.2 Å². The fourth-order valence-electron chi connectivity index (χ4n) is 2.98. The van der Waals surface area contributed by atoms with Crippen molar-refractivity contribution in [3.63, 3.8) is 0 Å². The van der Waals surface area contributed by atoms with Gasteiger partial charge in [0.2, 0.25) is 0 Å². The molecule has 3 rings (SSSR count). The molecule has 168 valence electrons. The van der Waals surface area contributed by atoms with E-state index in [2.05, 4.69) is 11.9 Å². The van der Waals surface area contributed by atoms with Crippen LogP contribution in [0.5, 0.6) is 11.5 Å². The number of thioether (sulfide) groups is 1. The Labute approximate surface area is 191 Å². The van der Waals surface area contributed by atoms with E-state index in [0.29, 0.717) is 28.1 Å². The predicted molar refractivity (Wildman–Crippen MR) is 126 cm³/mol. The molecule has 0 spiro atoms. The Morgan fingerprint density at radius 1 is 1.22 bits per heavy atom. The largest absolute Gasteiger partial charge is 0.493 e. The lowest BCUT2D eigenvalue weighted by molar-refractivity contribution is -0.144. The van der Waals surface area contributed by atoms with Gasteiger partial charge in [-0.25, -0.2) is 9.79 Å². The molecule has 0 radical (unpaired) electrons. The number of rotatable bonds is 9. The molecule has 1 N–H and O–H groups in total. The van der Waals surface area contributed by atoms with Crippen LogP contribution in [0.1, 0.15) is 32.3 Å². The lowest BCUT2D eigenvalue weighted by Crippen LogP contribution is -2.30. The van der Waals surface area contributed by atoms with Gasteiger partial charge in [-0.15, -0.1) is 0 Å². The molecule has 0 unspecified atom stereocenters. The Hall–Kier alpha value is -3.26. The maximum absolute atomic E-state index is 13.1. The van der Waals surface area contributed by atoms with Gasteiger partial charge in [0.05, 0.1) is 17.7 Å². The van der Waals surface area contributed by atoms with Gasteiger partial charge in [-0.2, -0.15) is 0 Å². The zero-order valence-electron chi connectivity index (χ0n) is 18.3. The molecule has 2 aromatic rings. The number of hydrogen-bond donors (Lipinski definition) is 1. The summed E-state index contributed by atoms with van der Waals surface area (Å²) in [6.07, 6.45) is 2.63. The standard InChI is InChI=1S/C24H26N2O5S/c1-4-5-13-26-22(27)21(32-24(26)25-18-9-7-6-8-10-18)15-17-11-12-19(20(14-17)30-3)31-16(2)23(28)29/h6-12,14-16H,4-5,13H2,1-3H3,(H,28,29)/b21-15-,25-24?/t16-/m1/s1. The van der Waals surface area contributed by atoms with Crippen LogP contribution in [0.25, 0.3) is 6.08 Å². The van der Waals surface area contributed by atoms with Crippen LogP contribution >= 0.6 is 11.8 Å². The van der Waals surface area contributed by atoms with Crippen molar-refractivity contribution in [3.8, 4) is 11.5 Å². The van der Waals surface area contributed by atoms with Crippen molar-refractivity contribution in [2.24, 2.45) is 4.99 Å². The highest BCUT2D eigenvalue weighted by Gasteiger charge is 2.33. The van der Waals surface area contributed by atoms with Gasteiger partial charge in [0.1, 0.15) is 0 Å². The summed E-state index contributed by atoms with van der Waals surface area (Å²) < 4.78 is 10.8. The minimum Gasteiger partial charge on any atom is -0.493 e. The topological polar surface area (TPSA) is 88.4 Å². The second kappa shape index (κ2) is 10.9. The number of hydrogen-bond acceptors (Lipinski definition) is 6. The molecule has 1 amide bonds. The van der Waals surface area contributed by atoms with Crippen LogP contribution in [0.4, 0.5) is 5.69 Å². The summed E-state index contributed by atoms with van der Waals surface area (Å²) in [5.41, 5.74) is 1.53. The third-order valence-electron chi connectivity index (χ3n) is 4.74. The molecule has 1 heterocycles. The van der Waals surface area contributed by atoms with Crippen LogP contribution in [0, 0.1) is 0 Å². The van der Waals surface area contributed by atoms with Crippen LogP contribution in [0.2, 0.25) is 0 Å². The van der Waals surface area contributed by atoms with Crippen LogP contribution in [-0.2, 0) is 9.59 Å². The summed E-state index contributed by atoms with van der Waals surface area (Å²) in [6.45, 7) is 4.14. The van der Waals surface area contributed by atoms with Gasteiger partial charge in [0.15, 0.2) is 22.8 Å². The van der Waals surface area contributed by atoms with Gasteiger partial charge in [-0.1, -0.05) is 37.6 Å². The van der Waals surface area contributed by atoms with Gasteiger partial charge in [-0.3, -0.25) is 9.69 Å². The number of ether oxygens (including phenoxy) is 2. The summed E-state index contributed by atoms with van der Waals surface area (Å²) >= 11 is 1.34. The molecule has 1 atom stereocenters. The number of amidine groups is 1. The average Bonchev–Trinajstić information content (AvgIpc) is 3.07. The van der Waals surface area contributed by atoms with E-state index in [4.69, 9.17) is 14.6 Å². The molecular formula is C24H26N2O5S. The first-order valence-electron chi connectivity index (χ1n) is 10.4. The number of benzene rings is 2. The molecule has 1 aliphatic heterocycles. The van der Waals surface area contributed by atoms with Crippen LogP contribution < -0.4 is 9.47 Å². The van der Waals surface area contributed by atoms with Crippen molar-refractivity contribution in [1.29, 1.82) is 0 Å². The fourth-order valence-corrected chi connectivity index (χ4v) is 4.01. The first kappa shape index (κ1) is 23.4. The number of amides is 1. The van der Waals surface area contributed by atoms with E-state index >= 15 is 0 Å². The minimum absolute atomic E-state index is 0.0862. The average molecular weight is 455 g/mol. The number of aliphatic imine (C=N–C) groups is 1. The van der Waals surface area contributed by atoms with Gasteiger partial charge in [0, 0.05) is 6.54 Å². The molecule has 0 saturated carbocycles. The van der Waals surface area contributed by atoms with E-state index in [0.717, 1.165) is 24.1 Å².